The Morgan fingerprint density at radius 2 is 1.95 bits per heavy atom. The zero-order valence-electron chi connectivity index (χ0n) is 22.9. The van der Waals surface area contributed by atoms with Gasteiger partial charge in [0, 0.05) is 37.2 Å². The molecule has 3 heterocycles. The minimum absolute atomic E-state index is 0.292. The molecule has 4 N–H and O–H groups in total. The van der Waals surface area contributed by atoms with E-state index in [0.717, 1.165) is 47.3 Å². The molecule has 0 radical (unpaired) electrons. The Morgan fingerprint density at radius 3 is 2.66 bits per heavy atom. The summed E-state index contributed by atoms with van der Waals surface area (Å²) < 4.78 is 6.14. The molecule has 11 nitrogen and oxygen atoms in total. The van der Waals surface area contributed by atoms with Crippen molar-refractivity contribution in [3.05, 3.63) is 89.0 Å². The molecular weight excluding hydrogens is 542 g/mol. The average Bonchev–Trinajstić information content (AvgIpc) is 3.78. The number of esters is 1. The van der Waals surface area contributed by atoms with Gasteiger partial charge in [-0.2, -0.15) is 5.21 Å². The van der Waals surface area contributed by atoms with Crippen LogP contribution in [0.15, 0.2) is 60.9 Å². The molecule has 2 aromatic carbocycles. The van der Waals surface area contributed by atoms with Crippen LogP contribution < -0.4 is 5.32 Å². The van der Waals surface area contributed by atoms with E-state index >= 15 is 0 Å². The average molecular weight is 574 g/mol. The molecular formula is C29H32ClN9O2. The number of hydrogen-bond acceptors (Lipinski definition) is 8. The molecule has 0 fully saturated rings. The summed E-state index contributed by atoms with van der Waals surface area (Å²) >= 11 is 6.62. The van der Waals surface area contributed by atoms with Gasteiger partial charge in [0.15, 0.2) is 5.15 Å². The number of tetrazole rings is 1. The van der Waals surface area contributed by atoms with Gasteiger partial charge >= 0.3 is 5.97 Å². The maximum atomic E-state index is 13.4. The van der Waals surface area contributed by atoms with E-state index in [1.165, 1.54) is 0 Å². The summed E-state index contributed by atoms with van der Waals surface area (Å²) in [6.45, 7) is 2.12. The first-order chi connectivity index (χ1) is 20.1. The molecule has 0 unspecified atom stereocenters. The summed E-state index contributed by atoms with van der Waals surface area (Å²) in [6, 6.07) is 15.4. The number of benzene rings is 2. The second-order valence-electron chi connectivity index (χ2n) is 9.68. The van der Waals surface area contributed by atoms with Crippen LogP contribution in [0.3, 0.4) is 0 Å². The fourth-order valence-electron chi connectivity index (χ4n) is 4.68. The van der Waals surface area contributed by atoms with Gasteiger partial charge in [0.1, 0.15) is 23.8 Å². The van der Waals surface area contributed by atoms with E-state index in [9.17, 15) is 4.79 Å². The predicted octanol–water partition coefficient (Wildman–Crippen LogP) is 4.63. The fourth-order valence-corrected chi connectivity index (χ4v) is 4.95. The summed E-state index contributed by atoms with van der Waals surface area (Å²) in [5, 5.41) is 18.1. The van der Waals surface area contributed by atoms with Crippen molar-refractivity contribution in [2.24, 2.45) is 0 Å². The molecule has 5 rings (SSSR count). The number of likely N-dealkylation sites (N-methyl/N-ethyl adjacent to an activating group) is 1. The monoisotopic (exact) mass is 573 g/mol. The number of nitrogens with one attached hydrogen (secondary N) is 4. The number of hydrogen-bond donors (Lipinski definition) is 4. The van der Waals surface area contributed by atoms with Gasteiger partial charge < -0.3 is 20.0 Å². The van der Waals surface area contributed by atoms with E-state index in [1.54, 1.807) is 19.4 Å². The number of ether oxygens (including phenoxy) is 1. The van der Waals surface area contributed by atoms with Crippen molar-refractivity contribution in [2.45, 2.75) is 51.2 Å². The number of carbonyl (C=O) groups excluding carboxylic acids is 1. The lowest BCUT2D eigenvalue weighted by Crippen LogP contribution is -2.38. The van der Waals surface area contributed by atoms with Gasteiger partial charge in [0.25, 0.3) is 0 Å². The highest BCUT2D eigenvalue weighted by Gasteiger charge is 2.28. The number of nitrogens with zero attached hydrogens (tertiary/aromatic N) is 5. The minimum Gasteiger partial charge on any atom is -0.454 e. The Labute approximate surface area is 242 Å². The minimum atomic E-state index is -0.717. The van der Waals surface area contributed by atoms with Crippen LogP contribution in [0.2, 0.25) is 5.15 Å². The smallest absolute Gasteiger partial charge is 0.324 e. The third-order valence-electron chi connectivity index (χ3n) is 6.84. The van der Waals surface area contributed by atoms with Crippen molar-refractivity contribution in [1.82, 2.24) is 45.9 Å². The summed E-state index contributed by atoms with van der Waals surface area (Å²) in [6.07, 6.45) is 6.09. The van der Waals surface area contributed by atoms with Crippen LogP contribution in [0, 0.1) is 0 Å². The van der Waals surface area contributed by atoms with Crippen LogP contribution in [-0.4, -0.2) is 59.6 Å². The van der Waals surface area contributed by atoms with Gasteiger partial charge in [-0.05, 0) is 41.4 Å². The molecule has 0 saturated carbocycles. The third-order valence-corrected chi connectivity index (χ3v) is 7.13. The van der Waals surface area contributed by atoms with Gasteiger partial charge in [0.05, 0.1) is 5.69 Å². The molecule has 0 aliphatic carbocycles. The number of aromatic amines is 3. The van der Waals surface area contributed by atoms with Gasteiger partial charge in [0.2, 0.25) is 5.82 Å². The van der Waals surface area contributed by atoms with E-state index in [0.29, 0.717) is 35.3 Å². The molecule has 3 aromatic heterocycles. The van der Waals surface area contributed by atoms with Crippen LogP contribution in [0.1, 0.15) is 48.8 Å². The number of aromatic nitrogens is 8. The predicted molar refractivity (Wildman–Crippen MR) is 155 cm³/mol. The van der Waals surface area contributed by atoms with E-state index in [4.69, 9.17) is 16.3 Å². The topological polar surface area (TPSA) is 150 Å². The number of aryl methyl sites for hydroxylation is 1. The lowest BCUT2D eigenvalue weighted by Gasteiger charge is -2.21. The van der Waals surface area contributed by atoms with E-state index in [2.05, 4.69) is 52.8 Å². The van der Waals surface area contributed by atoms with E-state index < -0.39 is 18.1 Å². The molecule has 0 saturated heterocycles. The molecule has 0 bridgehead atoms. The number of H-pyrrole nitrogens is 3. The molecule has 12 heteroatoms. The normalized spacial score (nSPS) is 12.8. The van der Waals surface area contributed by atoms with Gasteiger partial charge in [-0.3, -0.25) is 4.79 Å². The van der Waals surface area contributed by atoms with Gasteiger partial charge in [-0.1, -0.05) is 67.4 Å². The first kappa shape index (κ1) is 28.2. The molecule has 0 aliphatic rings. The molecule has 41 heavy (non-hydrogen) atoms. The second kappa shape index (κ2) is 13.3. The zero-order valence-corrected chi connectivity index (χ0v) is 23.7. The van der Waals surface area contributed by atoms with E-state index in [1.807, 2.05) is 48.5 Å². The summed E-state index contributed by atoms with van der Waals surface area (Å²) in [5.41, 5.74) is 4.24. The Kier molecular flexibility index (Phi) is 9.17. The molecule has 212 valence electrons. The van der Waals surface area contributed by atoms with Crippen molar-refractivity contribution in [2.75, 3.05) is 7.05 Å². The van der Waals surface area contributed by atoms with Crippen LogP contribution in [0.25, 0.3) is 22.5 Å². The van der Waals surface area contributed by atoms with Crippen LogP contribution >= 0.6 is 11.6 Å². The number of halogens is 1. The zero-order chi connectivity index (χ0) is 28.6. The standard InChI is InChI=1S/C29H32ClN9O2/c1-3-4-10-24-34-26(27(30)35-24)23(41-29(40)22(31-2)17-25-32-13-14-33-25)16-18-11-12-20(19-8-6-5-7-9-19)21(15-18)28-36-38-39-37-28/h5-9,11-15,22-23,31H,3-4,10,16-17H2,1-2H3,(H,32,33)(H,34,35)(H,36,37,38,39)/t22-,23-/m0/s1. The highest BCUT2D eigenvalue weighted by Crippen LogP contribution is 2.34. The van der Waals surface area contributed by atoms with Crippen LogP contribution in [0.5, 0.6) is 0 Å². The molecule has 2 atom stereocenters. The largest absolute Gasteiger partial charge is 0.454 e. The number of rotatable bonds is 13. The fraction of sp³-hybridized carbons (Fsp3) is 0.310. The maximum Gasteiger partial charge on any atom is 0.324 e. The van der Waals surface area contributed by atoms with Crippen molar-refractivity contribution < 1.29 is 9.53 Å². The van der Waals surface area contributed by atoms with Crippen molar-refractivity contribution >= 4 is 17.6 Å². The van der Waals surface area contributed by atoms with Crippen molar-refractivity contribution in [1.29, 1.82) is 0 Å². The molecule has 0 amide bonds. The number of carbonyl (C=O) groups is 1. The van der Waals surface area contributed by atoms with Gasteiger partial charge in [-0.15, -0.1) is 10.2 Å². The highest BCUT2D eigenvalue weighted by atomic mass is 35.5. The molecule has 5 aromatic rings. The Morgan fingerprint density at radius 1 is 1.10 bits per heavy atom. The Bertz CT molecular complexity index is 1540. The third kappa shape index (κ3) is 6.87. The number of imidazole rings is 2. The first-order valence-electron chi connectivity index (χ1n) is 13.6. The highest BCUT2D eigenvalue weighted by molar-refractivity contribution is 6.30. The van der Waals surface area contributed by atoms with Gasteiger partial charge in [-0.25, -0.2) is 9.97 Å². The quantitative estimate of drug-likeness (QED) is 0.149. The first-order valence-corrected chi connectivity index (χ1v) is 14.0. The summed E-state index contributed by atoms with van der Waals surface area (Å²) in [5.74, 6) is 1.49. The van der Waals surface area contributed by atoms with Crippen molar-refractivity contribution in [3.63, 3.8) is 0 Å². The van der Waals surface area contributed by atoms with E-state index in [-0.39, 0.29) is 0 Å². The molecule has 0 aliphatic heterocycles. The van der Waals surface area contributed by atoms with Crippen LogP contribution in [0.4, 0.5) is 0 Å². The Hall–Kier alpha value is -4.35. The SMILES string of the molecule is CCCCc1nc(Cl)c([C@H](Cc2ccc(-c3ccccc3)c(-c3nn[nH]n3)c2)OC(=O)[C@H](Cc2ncc[nH]2)NC)[nH]1. The van der Waals surface area contributed by atoms with Crippen molar-refractivity contribution in [3.8, 4) is 22.5 Å². The Balaban J connectivity index is 1.48. The lowest BCUT2D eigenvalue weighted by atomic mass is 9.95. The maximum absolute atomic E-state index is 13.4. The number of unbranched alkanes of at least 4 members (excludes halogenated alkanes) is 1. The van der Waals surface area contributed by atoms with Crippen LogP contribution in [-0.2, 0) is 28.8 Å². The molecule has 0 spiro atoms. The second-order valence-corrected chi connectivity index (χ2v) is 10.0. The lowest BCUT2D eigenvalue weighted by molar-refractivity contribution is -0.152. The summed E-state index contributed by atoms with van der Waals surface area (Å²) in [7, 11) is 1.72. The summed E-state index contributed by atoms with van der Waals surface area (Å²) in [4.78, 5) is 28.5.